The highest BCUT2D eigenvalue weighted by Gasteiger charge is 2.08. The number of phenolic OH excluding ortho intramolecular Hbond substituents is 2. The van der Waals surface area contributed by atoms with Crippen LogP contribution >= 0.6 is 0 Å². The van der Waals surface area contributed by atoms with Gasteiger partial charge in [0.2, 0.25) is 0 Å². The number of hydrogen-bond acceptors (Lipinski definition) is 4. The van der Waals surface area contributed by atoms with Gasteiger partial charge >= 0.3 is 0 Å². The molecule has 22 heavy (non-hydrogen) atoms. The second-order valence-corrected chi connectivity index (χ2v) is 5.07. The quantitative estimate of drug-likeness (QED) is 0.460. The first-order valence-corrected chi connectivity index (χ1v) is 7.49. The molecule has 0 spiro atoms. The molecule has 2 aromatic rings. The number of rotatable bonds is 7. The fourth-order valence-electron chi connectivity index (χ4n) is 2.04. The van der Waals surface area contributed by atoms with Crippen molar-refractivity contribution in [2.24, 2.45) is 5.16 Å². The molecule has 0 aromatic heterocycles. The van der Waals surface area contributed by atoms with Gasteiger partial charge in [0.25, 0.3) is 0 Å². The zero-order chi connectivity index (χ0) is 15.8. The standard InChI is InChI=1S/C18H21NO3/c1-2-3-4-13-22-19-18(14-5-9-16(20)10-6-14)15-7-11-17(21)12-8-15/h5-12,20-21H,2-4,13H2,1H3. The van der Waals surface area contributed by atoms with E-state index in [1.807, 2.05) is 0 Å². The molecule has 0 saturated carbocycles. The van der Waals surface area contributed by atoms with Crippen molar-refractivity contribution in [3.05, 3.63) is 59.7 Å². The Kier molecular flexibility index (Phi) is 5.83. The second-order valence-electron chi connectivity index (χ2n) is 5.07. The summed E-state index contributed by atoms with van der Waals surface area (Å²) in [5, 5.41) is 23.1. The van der Waals surface area contributed by atoms with Gasteiger partial charge in [0.1, 0.15) is 23.8 Å². The summed E-state index contributed by atoms with van der Waals surface area (Å²) in [7, 11) is 0. The molecule has 0 aliphatic heterocycles. The van der Waals surface area contributed by atoms with Crippen LogP contribution in [-0.2, 0) is 4.84 Å². The largest absolute Gasteiger partial charge is 0.508 e. The van der Waals surface area contributed by atoms with E-state index in [2.05, 4.69) is 12.1 Å². The normalized spacial score (nSPS) is 10.2. The Labute approximate surface area is 130 Å². The van der Waals surface area contributed by atoms with Crippen LogP contribution < -0.4 is 0 Å². The maximum absolute atomic E-state index is 9.41. The smallest absolute Gasteiger partial charge is 0.117 e. The number of nitrogens with zero attached hydrogens (tertiary/aromatic N) is 1. The molecule has 2 aromatic carbocycles. The molecule has 0 saturated heterocycles. The van der Waals surface area contributed by atoms with Gasteiger partial charge in [-0.25, -0.2) is 0 Å². The molecule has 0 radical (unpaired) electrons. The van der Waals surface area contributed by atoms with Crippen LogP contribution in [0.3, 0.4) is 0 Å². The summed E-state index contributed by atoms with van der Waals surface area (Å²) in [6.07, 6.45) is 3.22. The van der Waals surface area contributed by atoms with E-state index in [0.717, 1.165) is 30.4 Å². The fourth-order valence-corrected chi connectivity index (χ4v) is 2.04. The van der Waals surface area contributed by atoms with Crippen LogP contribution in [0.4, 0.5) is 0 Å². The lowest BCUT2D eigenvalue weighted by Crippen LogP contribution is -2.04. The molecule has 116 valence electrons. The van der Waals surface area contributed by atoms with Crippen molar-refractivity contribution in [1.29, 1.82) is 0 Å². The van der Waals surface area contributed by atoms with Crippen LogP contribution in [-0.4, -0.2) is 22.5 Å². The number of unbranched alkanes of at least 4 members (excludes halogenated alkanes) is 2. The number of hydrogen-bond donors (Lipinski definition) is 2. The topological polar surface area (TPSA) is 62.0 Å². The monoisotopic (exact) mass is 299 g/mol. The van der Waals surface area contributed by atoms with Gasteiger partial charge in [-0.2, -0.15) is 0 Å². The van der Waals surface area contributed by atoms with E-state index in [-0.39, 0.29) is 11.5 Å². The van der Waals surface area contributed by atoms with Gasteiger partial charge in [-0.15, -0.1) is 0 Å². The Morgan fingerprint density at radius 3 is 1.82 bits per heavy atom. The number of benzene rings is 2. The van der Waals surface area contributed by atoms with Crippen LogP contribution in [0.1, 0.15) is 37.3 Å². The third kappa shape index (κ3) is 4.52. The zero-order valence-corrected chi connectivity index (χ0v) is 12.7. The van der Waals surface area contributed by atoms with Crippen molar-refractivity contribution >= 4 is 5.71 Å². The van der Waals surface area contributed by atoms with Crippen LogP contribution in [0.25, 0.3) is 0 Å². The van der Waals surface area contributed by atoms with Crippen molar-refractivity contribution in [2.45, 2.75) is 26.2 Å². The molecule has 2 rings (SSSR count). The Balaban J connectivity index is 2.22. The number of phenols is 2. The van der Waals surface area contributed by atoms with Gasteiger partial charge in [0.05, 0.1) is 0 Å². The van der Waals surface area contributed by atoms with Gasteiger partial charge in [0, 0.05) is 11.1 Å². The maximum atomic E-state index is 9.41. The van der Waals surface area contributed by atoms with E-state index in [4.69, 9.17) is 4.84 Å². The summed E-state index contributed by atoms with van der Waals surface area (Å²) in [6, 6.07) is 13.6. The van der Waals surface area contributed by atoms with Crippen LogP contribution in [0.2, 0.25) is 0 Å². The minimum atomic E-state index is 0.206. The lowest BCUT2D eigenvalue weighted by molar-refractivity contribution is 0.140. The summed E-state index contributed by atoms with van der Waals surface area (Å²) in [4.78, 5) is 5.43. The third-order valence-corrected chi connectivity index (χ3v) is 3.28. The predicted octanol–water partition coefficient (Wildman–Crippen LogP) is 4.06. The average molecular weight is 299 g/mol. The van der Waals surface area contributed by atoms with E-state index in [1.54, 1.807) is 48.5 Å². The first-order chi connectivity index (χ1) is 10.7. The van der Waals surface area contributed by atoms with Crippen LogP contribution in [0.15, 0.2) is 53.7 Å². The Hall–Kier alpha value is -2.49. The first kappa shape index (κ1) is 15.9. The Morgan fingerprint density at radius 1 is 0.864 bits per heavy atom. The van der Waals surface area contributed by atoms with Crippen molar-refractivity contribution in [3.63, 3.8) is 0 Å². The summed E-state index contributed by atoms with van der Waals surface area (Å²) >= 11 is 0. The molecular weight excluding hydrogens is 278 g/mol. The predicted molar refractivity (Wildman–Crippen MR) is 87.3 cm³/mol. The molecule has 0 bridgehead atoms. The SMILES string of the molecule is CCCCCON=C(c1ccc(O)cc1)c1ccc(O)cc1. The van der Waals surface area contributed by atoms with E-state index in [1.165, 1.54) is 0 Å². The fraction of sp³-hybridized carbons (Fsp3) is 0.278. The molecule has 0 heterocycles. The molecule has 0 amide bonds. The molecule has 2 N–H and O–H groups in total. The van der Waals surface area contributed by atoms with Gasteiger partial charge in [-0.1, -0.05) is 24.9 Å². The highest BCUT2D eigenvalue weighted by atomic mass is 16.6. The highest BCUT2D eigenvalue weighted by molar-refractivity contribution is 6.12. The molecular formula is C18H21NO3. The van der Waals surface area contributed by atoms with Crippen molar-refractivity contribution in [3.8, 4) is 11.5 Å². The summed E-state index contributed by atoms with van der Waals surface area (Å²) < 4.78 is 0. The van der Waals surface area contributed by atoms with E-state index in [9.17, 15) is 10.2 Å². The molecule has 4 heteroatoms. The van der Waals surface area contributed by atoms with E-state index in [0.29, 0.717) is 12.3 Å². The Bertz CT molecular complexity index is 556. The molecule has 0 unspecified atom stereocenters. The lowest BCUT2D eigenvalue weighted by Gasteiger charge is -2.08. The van der Waals surface area contributed by atoms with Crippen molar-refractivity contribution < 1.29 is 15.1 Å². The Morgan fingerprint density at radius 2 is 1.36 bits per heavy atom. The van der Waals surface area contributed by atoms with Gasteiger partial charge in [-0.05, 0) is 55.0 Å². The summed E-state index contributed by atoms with van der Waals surface area (Å²) in [5.41, 5.74) is 2.37. The number of aromatic hydroxyl groups is 2. The van der Waals surface area contributed by atoms with Gasteiger partial charge in [0.15, 0.2) is 0 Å². The minimum absolute atomic E-state index is 0.206. The first-order valence-electron chi connectivity index (χ1n) is 7.49. The van der Waals surface area contributed by atoms with Crippen molar-refractivity contribution in [2.75, 3.05) is 6.61 Å². The number of oxime groups is 1. The van der Waals surface area contributed by atoms with Gasteiger partial charge in [-0.3, -0.25) is 0 Å². The third-order valence-electron chi connectivity index (χ3n) is 3.28. The van der Waals surface area contributed by atoms with E-state index >= 15 is 0 Å². The van der Waals surface area contributed by atoms with Crippen LogP contribution in [0, 0.1) is 0 Å². The molecule has 4 nitrogen and oxygen atoms in total. The van der Waals surface area contributed by atoms with E-state index < -0.39 is 0 Å². The van der Waals surface area contributed by atoms with Crippen molar-refractivity contribution in [1.82, 2.24) is 0 Å². The highest BCUT2D eigenvalue weighted by Crippen LogP contribution is 2.17. The maximum Gasteiger partial charge on any atom is 0.117 e. The zero-order valence-electron chi connectivity index (χ0n) is 12.7. The molecule has 0 atom stereocenters. The van der Waals surface area contributed by atoms with Gasteiger partial charge < -0.3 is 15.1 Å². The molecule has 0 aliphatic carbocycles. The second kappa shape index (κ2) is 8.08. The minimum Gasteiger partial charge on any atom is -0.508 e. The van der Waals surface area contributed by atoms with Crippen LogP contribution in [0.5, 0.6) is 11.5 Å². The molecule has 0 aliphatic rings. The summed E-state index contributed by atoms with van der Waals surface area (Å²) in [5.74, 6) is 0.412. The average Bonchev–Trinajstić information content (AvgIpc) is 2.53. The lowest BCUT2D eigenvalue weighted by atomic mass is 10.0. The summed E-state index contributed by atoms with van der Waals surface area (Å²) in [6.45, 7) is 2.72. The molecule has 0 fully saturated rings.